The molecule has 6 atom stereocenters. The molecule has 67 heavy (non-hydrogen) atoms. The molecule has 14 heteroatoms. The van der Waals surface area contributed by atoms with Gasteiger partial charge in [0.25, 0.3) is 20.2 Å². The minimum Gasteiger partial charge on any atom is -0.451 e. The first kappa shape index (κ1) is 48.2. The van der Waals surface area contributed by atoms with Crippen molar-refractivity contribution in [3.05, 3.63) is 131 Å². The zero-order valence-electron chi connectivity index (χ0n) is 39.0. The molecule has 354 valence electrons. The molecule has 2 N–H and O–H groups in total. The number of nitrogens with zero attached hydrogens (tertiary/aromatic N) is 2. The van der Waals surface area contributed by atoms with E-state index < -0.39 is 35.6 Å². The van der Waals surface area contributed by atoms with Crippen LogP contribution in [0.5, 0.6) is 0 Å². The number of Topliss-reactive ketones (excluding diaryl/α,β-unsaturated/α-hetero) is 1. The summed E-state index contributed by atoms with van der Waals surface area (Å²) in [5.74, 6) is 1.03. The van der Waals surface area contributed by atoms with Gasteiger partial charge in [0, 0.05) is 72.2 Å². The highest BCUT2D eigenvalue weighted by atomic mass is 32.2. The van der Waals surface area contributed by atoms with E-state index in [0.29, 0.717) is 30.6 Å². The predicted octanol–water partition coefficient (Wildman–Crippen LogP) is 9.59. The van der Waals surface area contributed by atoms with E-state index in [-0.39, 0.29) is 39.1 Å². The Labute approximate surface area is 393 Å². The number of benzene rings is 4. The van der Waals surface area contributed by atoms with Crippen LogP contribution in [0.3, 0.4) is 0 Å². The number of fused-ring (bicyclic) bond motifs is 9. The van der Waals surface area contributed by atoms with Crippen molar-refractivity contribution in [2.24, 2.45) is 28.6 Å². The molecule has 12 nitrogen and oxygen atoms in total. The Morgan fingerprint density at radius 1 is 0.761 bits per heavy atom. The lowest BCUT2D eigenvalue weighted by Gasteiger charge is -2.58. The van der Waals surface area contributed by atoms with Gasteiger partial charge in [0.1, 0.15) is 9.79 Å². The van der Waals surface area contributed by atoms with Crippen molar-refractivity contribution < 1.29 is 45.1 Å². The van der Waals surface area contributed by atoms with Gasteiger partial charge in [-0.1, -0.05) is 98.3 Å². The molecule has 5 aliphatic rings. The van der Waals surface area contributed by atoms with Crippen LogP contribution in [0.1, 0.15) is 90.0 Å². The first-order valence-corrected chi connectivity index (χ1v) is 25.9. The quantitative estimate of drug-likeness (QED) is 0.122. The molecule has 0 saturated heterocycles. The van der Waals surface area contributed by atoms with Crippen LogP contribution < -0.4 is 0 Å². The Balaban J connectivity index is 0.000000140. The molecule has 4 aliphatic carbocycles. The third kappa shape index (κ3) is 8.76. The number of hydrogen-bond acceptors (Lipinski definition) is 9. The van der Waals surface area contributed by atoms with Gasteiger partial charge < -0.3 is 14.2 Å². The number of ether oxygens (including phenoxy) is 1. The molecule has 2 saturated carbocycles. The summed E-state index contributed by atoms with van der Waals surface area (Å²) in [5, 5.41) is 1.47. The fourth-order valence-corrected chi connectivity index (χ4v) is 14.1. The van der Waals surface area contributed by atoms with E-state index in [1.807, 2.05) is 6.08 Å². The highest BCUT2D eigenvalue weighted by Gasteiger charge is 2.67. The second-order valence-corrected chi connectivity index (χ2v) is 22.4. The average molecular weight is 949 g/mol. The highest BCUT2D eigenvalue weighted by Crippen LogP contribution is 2.68. The van der Waals surface area contributed by atoms with Crippen LogP contribution in [0.15, 0.2) is 124 Å². The molecule has 10 rings (SSSR count). The van der Waals surface area contributed by atoms with E-state index in [2.05, 4.69) is 98.0 Å². The Morgan fingerprint density at radius 2 is 1.36 bits per heavy atom. The summed E-state index contributed by atoms with van der Waals surface area (Å²) in [6, 6.07) is 27.1. The summed E-state index contributed by atoms with van der Waals surface area (Å²) < 4.78 is 71.0. The Bertz CT molecular complexity index is 3010. The number of rotatable bonds is 6. The smallest absolute Gasteiger partial charge is 0.303 e. The topological polar surface area (TPSA) is 177 Å². The monoisotopic (exact) mass is 948 g/mol. The molecule has 0 radical (unpaired) electrons. The van der Waals surface area contributed by atoms with E-state index in [4.69, 9.17) is 13.8 Å². The van der Waals surface area contributed by atoms with Crippen molar-refractivity contribution in [2.45, 2.75) is 108 Å². The normalized spacial score (nSPS) is 26.9. The maximum Gasteiger partial charge on any atom is 0.303 e. The van der Waals surface area contributed by atoms with Crippen LogP contribution in [-0.4, -0.2) is 72.1 Å². The predicted molar refractivity (Wildman–Crippen MR) is 258 cm³/mol. The van der Waals surface area contributed by atoms with Crippen molar-refractivity contribution >= 4 is 59.4 Å². The van der Waals surface area contributed by atoms with Crippen molar-refractivity contribution in [3.63, 3.8) is 0 Å². The second kappa shape index (κ2) is 18.0. The van der Waals surface area contributed by atoms with Crippen LogP contribution in [-0.2, 0) is 58.9 Å². The summed E-state index contributed by atoms with van der Waals surface area (Å²) in [5.41, 5.74) is 6.95. The van der Waals surface area contributed by atoms with Gasteiger partial charge in [-0.05, 0) is 117 Å². The third-order valence-corrected chi connectivity index (χ3v) is 17.6. The fourth-order valence-electron chi connectivity index (χ4n) is 12.7. The zero-order chi connectivity index (χ0) is 48.3. The van der Waals surface area contributed by atoms with Gasteiger partial charge in [0.15, 0.2) is 17.2 Å². The Morgan fingerprint density at radius 3 is 1.97 bits per heavy atom. The molecule has 1 aromatic heterocycles. The van der Waals surface area contributed by atoms with Crippen molar-refractivity contribution in [1.82, 2.24) is 9.47 Å². The van der Waals surface area contributed by atoms with Gasteiger partial charge >= 0.3 is 5.97 Å². The molecule has 5 aromatic rings. The van der Waals surface area contributed by atoms with Gasteiger partial charge in [-0.3, -0.25) is 23.5 Å². The molecular formula is C53H60N2O10S2. The van der Waals surface area contributed by atoms with Crippen LogP contribution >= 0.6 is 0 Å². The molecular weight excluding hydrogens is 889 g/mol. The molecule has 2 heterocycles. The average Bonchev–Trinajstić information content (AvgIpc) is 3.75. The number of hydrogen-bond donors (Lipinski definition) is 2. The molecule has 4 aromatic carbocycles. The second-order valence-electron chi connectivity index (χ2n) is 19.6. The SMILES string of the molecule is CC(=O)OC1(C(C)=O)CCC2C3C=C(C)C4=CC(=O)CCC4(C)C3CCC21C.CN1CCc2c(c3ccccc3n2Cc2ccccc2)C1.O=S(=O)(O)c1cccc2c(S(=O)(=O)O)cccc12. The van der Waals surface area contributed by atoms with Gasteiger partial charge in [-0.15, -0.1) is 0 Å². The van der Waals surface area contributed by atoms with E-state index in [1.165, 1.54) is 70.1 Å². The van der Waals surface area contributed by atoms with Crippen molar-refractivity contribution in [2.75, 3.05) is 13.6 Å². The third-order valence-electron chi connectivity index (χ3n) is 15.8. The Hall–Kier alpha value is -5.25. The van der Waals surface area contributed by atoms with Crippen LogP contribution in [0.4, 0.5) is 0 Å². The molecule has 0 bridgehead atoms. The lowest BCUT2D eigenvalue weighted by Crippen LogP contribution is -2.58. The fraction of sp³-hybridized carbons (Fsp3) is 0.415. The summed E-state index contributed by atoms with van der Waals surface area (Å²) in [7, 11) is -6.72. The lowest BCUT2D eigenvalue weighted by molar-refractivity contribution is -0.185. The summed E-state index contributed by atoms with van der Waals surface area (Å²) in [6.45, 7) is 12.8. The molecule has 0 spiro atoms. The van der Waals surface area contributed by atoms with E-state index in [0.717, 1.165) is 63.9 Å². The summed E-state index contributed by atoms with van der Waals surface area (Å²) >= 11 is 0. The van der Waals surface area contributed by atoms with E-state index in [1.54, 1.807) is 6.92 Å². The van der Waals surface area contributed by atoms with Gasteiger partial charge in [0.05, 0.1) is 0 Å². The number of ketones is 2. The number of esters is 1. The number of para-hydroxylation sites is 1. The molecule has 6 unspecified atom stereocenters. The highest BCUT2D eigenvalue weighted by molar-refractivity contribution is 7.86. The molecule has 1 aliphatic heterocycles. The number of likely N-dealkylation sites (N-methyl/N-ethyl adjacent to an activating group) is 1. The zero-order valence-corrected chi connectivity index (χ0v) is 40.6. The number of aromatic nitrogens is 1. The summed E-state index contributed by atoms with van der Waals surface area (Å²) in [6.07, 6.45) is 10.3. The van der Waals surface area contributed by atoms with Crippen molar-refractivity contribution in [3.8, 4) is 0 Å². The standard InChI is InChI=1S/C24H32O4.C19H20N2.C10H8O6S2/c1-14-12-18-19(22(4)9-6-17(27)13-21(14)22)7-10-23(5)20(18)8-11-24(23,15(2)25)28-16(3)26;1-20-12-11-19-17(14-20)16-9-5-6-10-18(16)21(19)13-15-7-3-2-4-8-15;11-17(12,13)9-5-1-3-7-8(9)4-2-6-10(7)18(14,15)16/h12-13,18-20H,6-11H2,1-5H3;2-10H,11-14H2,1H3;1-6H,(H,11,12,13)(H,14,15,16). The van der Waals surface area contributed by atoms with Gasteiger partial charge in [-0.2, -0.15) is 16.8 Å². The largest absolute Gasteiger partial charge is 0.451 e. The molecule has 0 amide bonds. The summed E-state index contributed by atoms with van der Waals surface area (Å²) in [4.78, 5) is 38.3. The number of carbonyl (C=O) groups excluding carboxylic acids is 3. The van der Waals surface area contributed by atoms with Crippen molar-refractivity contribution in [1.29, 1.82) is 0 Å². The van der Waals surface area contributed by atoms with Crippen LogP contribution in [0.2, 0.25) is 0 Å². The Kier molecular flexibility index (Phi) is 13.0. The first-order chi connectivity index (χ1) is 31.6. The van der Waals surface area contributed by atoms with Gasteiger partial charge in [0.2, 0.25) is 0 Å². The van der Waals surface area contributed by atoms with Crippen LogP contribution in [0.25, 0.3) is 21.7 Å². The lowest BCUT2D eigenvalue weighted by atomic mass is 9.47. The van der Waals surface area contributed by atoms with Gasteiger partial charge in [-0.25, -0.2) is 0 Å². The minimum atomic E-state index is -4.47. The van der Waals surface area contributed by atoms with E-state index in [9.17, 15) is 31.2 Å². The van der Waals surface area contributed by atoms with E-state index >= 15 is 0 Å². The first-order valence-electron chi connectivity index (χ1n) is 23.0. The number of allylic oxidation sites excluding steroid dienone is 4. The molecule has 2 fully saturated rings. The minimum absolute atomic E-state index is 0.0160. The maximum atomic E-state index is 12.8. The number of carbonyl (C=O) groups is 3. The maximum absolute atomic E-state index is 12.8. The van der Waals surface area contributed by atoms with Crippen LogP contribution in [0, 0.1) is 28.6 Å².